The molecule has 0 aliphatic heterocycles. The third kappa shape index (κ3) is 3.08. The van der Waals surface area contributed by atoms with Gasteiger partial charge < -0.3 is 9.84 Å². The number of rotatable bonds is 3. The van der Waals surface area contributed by atoms with Gasteiger partial charge in [0.25, 0.3) is 0 Å². The van der Waals surface area contributed by atoms with E-state index >= 15 is 0 Å². The lowest BCUT2D eigenvalue weighted by Crippen LogP contribution is -1.95. The van der Waals surface area contributed by atoms with Crippen molar-refractivity contribution in [3.8, 4) is 11.5 Å². The molecule has 17 heavy (non-hydrogen) atoms. The van der Waals surface area contributed by atoms with E-state index in [2.05, 4.69) is 15.9 Å². The Balaban J connectivity index is 2.30. The van der Waals surface area contributed by atoms with E-state index in [9.17, 15) is 5.11 Å². The van der Waals surface area contributed by atoms with Crippen molar-refractivity contribution >= 4 is 15.9 Å². The van der Waals surface area contributed by atoms with Gasteiger partial charge >= 0.3 is 0 Å². The van der Waals surface area contributed by atoms with Crippen LogP contribution in [0.3, 0.4) is 0 Å². The third-order valence-corrected chi connectivity index (χ3v) is 2.89. The number of halogens is 1. The molecule has 0 aromatic heterocycles. The Morgan fingerprint density at radius 3 is 2.59 bits per heavy atom. The number of hydrogen-bond acceptors (Lipinski definition) is 2. The molecule has 0 unspecified atom stereocenters. The highest BCUT2D eigenvalue weighted by molar-refractivity contribution is 9.10. The minimum absolute atomic E-state index is 0.543. The Bertz CT molecular complexity index is 509. The Morgan fingerprint density at radius 2 is 1.88 bits per heavy atom. The number of aliphatic hydroxyl groups excluding tert-OH is 1. The van der Waals surface area contributed by atoms with Gasteiger partial charge in [-0.15, -0.1) is 0 Å². The second-order valence-electron chi connectivity index (χ2n) is 3.77. The molecule has 0 bridgehead atoms. The molecule has 1 atom stereocenters. The summed E-state index contributed by atoms with van der Waals surface area (Å²) in [6.45, 7) is 1.73. The molecular formula is C14H13BrO2. The molecule has 0 saturated carbocycles. The van der Waals surface area contributed by atoms with Crippen LogP contribution in [0.15, 0.2) is 53.0 Å². The summed E-state index contributed by atoms with van der Waals surface area (Å²) in [7, 11) is 0. The van der Waals surface area contributed by atoms with Crippen molar-refractivity contribution < 1.29 is 9.84 Å². The summed E-state index contributed by atoms with van der Waals surface area (Å²) in [5.41, 5.74) is 0.785. The molecule has 3 heteroatoms. The van der Waals surface area contributed by atoms with Crippen molar-refractivity contribution in [2.24, 2.45) is 0 Å². The minimum Gasteiger partial charge on any atom is -0.457 e. The first-order valence-electron chi connectivity index (χ1n) is 5.37. The van der Waals surface area contributed by atoms with Crippen LogP contribution in [0.5, 0.6) is 11.5 Å². The second-order valence-corrected chi connectivity index (χ2v) is 4.69. The molecular weight excluding hydrogens is 280 g/mol. The maximum Gasteiger partial charge on any atom is 0.133 e. The highest BCUT2D eigenvalue weighted by Crippen LogP contribution is 2.30. The van der Waals surface area contributed by atoms with Crippen molar-refractivity contribution in [1.82, 2.24) is 0 Å². The second kappa shape index (κ2) is 5.34. The number of aliphatic hydroxyl groups is 1. The van der Waals surface area contributed by atoms with Gasteiger partial charge in [-0.1, -0.05) is 40.2 Å². The molecule has 2 rings (SSSR count). The molecule has 2 aromatic rings. The molecule has 2 aromatic carbocycles. The van der Waals surface area contributed by atoms with Crippen molar-refractivity contribution in [3.05, 3.63) is 58.6 Å². The lowest BCUT2D eigenvalue weighted by Gasteiger charge is -2.12. The normalized spacial score (nSPS) is 12.2. The van der Waals surface area contributed by atoms with E-state index in [-0.39, 0.29) is 0 Å². The van der Waals surface area contributed by atoms with E-state index in [1.165, 1.54) is 0 Å². The summed E-state index contributed by atoms with van der Waals surface area (Å²) < 4.78 is 6.72. The van der Waals surface area contributed by atoms with Gasteiger partial charge in [-0.2, -0.15) is 0 Å². The Morgan fingerprint density at radius 1 is 1.12 bits per heavy atom. The van der Waals surface area contributed by atoms with Crippen molar-refractivity contribution in [2.45, 2.75) is 13.0 Å². The van der Waals surface area contributed by atoms with Gasteiger partial charge in [0.1, 0.15) is 11.5 Å². The van der Waals surface area contributed by atoms with Crippen LogP contribution in [0.4, 0.5) is 0 Å². The molecule has 0 saturated heterocycles. The van der Waals surface area contributed by atoms with Gasteiger partial charge in [0.05, 0.1) is 6.10 Å². The van der Waals surface area contributed by atoms with E-state index in [0.717, 1.165) is 15.8 Å². The standard InChI is InChI=1S/C14H13BrO2/c1-10(16)13-7-2-3-8-14(13)17-12-6-4-5-11(15)9-12/h2-10,16H,1H3/t10-/m1/s1. The molecule has 88 valence electrons. The molecule has 0 aliphatic carbocycles. The predicted molar refractivity (Wildman–Crippen MR) is 71.3 cm³/mol. The lowest BCUT2D eigenvalue weighted by molar-refractivity contribution is 0.195. The number of para-hydroxylation sites is 1. The van der Waals surface area contributed by atoms with Crippen molar-refractivity contribution in [3.63, 3.8) is 0 Å². The largest absolute Gasteiger partial charge is 0.457 e. The van der Waals surface area contributed by atoms with Crippen LogP contribution in [-0.2, 0) is 0 Å². The Labute approximate surface area is 109 Å². The third-order valence-electron chi connectivity index (χ3n) is 2.39. The zero-order valence-electron chi connectivity index (χ0n) is 9.43. The zero-order chi connectivity index (χ0) is 12.3. The number of benzene rings is 2. The van der Waals surface area contributed by atoms with Crippen LogP contribution in [0, 0.1) is 0 Å². The topological polar surface area (TPSA) is 29.5 Å². The van der Waals surface area contributed by atoms with Gasteiger partial charge in [0, 0.05) is 10.0 Å². The summed E-state index contributed by atoms with van der Waals surface area (Å²) in [5.74, 6) is 1.42. The first-order valence-corrected chi connectivity index (χ1v) is 6.16. The van der Waals surface area contributed by atoms with E-state index in [1.807, 2.05) is 48.5 Å². The summed E-state index contributed by atoms with van der Waals surface area (Å²) in [6.07, 6.45) is -0.543. The number of ether oxygens (including phenoxy) is 1. The molecule has 0 spiro atoms. The Kier molecular flexibility index (Phi) is 3.82. The lowest BCUT2D eigenvalue weighted by atomic mass is 10.1. The Hall–Kier alpha value is -1.32. The first kappa shape index (κ1) is 12.1. The van der Waals surface area contributed by atoms with Crippen molar-refractivity contribution in [1.29, 1.82) is 0 Å². The van der Waals surface area contributed by atoms with E-state index in [0.29, 0.717) is 5.75 Å². The van der Waals surface area contributed by atoms with Crippen LogP contribution < -0.4 is 4.74 Å². The van der Waals surface area contributed by atoms with Crippen LogP contribution in [0.1, 0.15) is 18.6 Å². The highest BCUT2D eigenvalue weighted by atomic mass is 79.9. The van der Waals surface area contributed by atoms with Crippen LogP contribution in [-0.4, -0.2) is 5.11 Å². The van der Waals surface area contributed by atoms with Gasteiger partial charge in [-0.25, -0.2) is 0 Å². The first-order chi connectivity index (χ1) is 8.16. The molecule has 1 N–H and O–H groups in total. The maximum absolute atomic E-state index is 9.65. The highest BCUT2D eigenvalue weighted by Gasteiger charge is 2.08. The SMILES string of the molecule is C[C@@H](O)c1ccccc1Oc1cccc(Br)c1. The van der Waals surface area contributed by atoms with Gasteiger partial charge in [-0.3, -0.25) is 0 Å². The van der Waals surface area contributed by atoms with Crippen LogP contribution in [0.25, 0.3) is 0 Å². The zero-order valence-corrected chi connectivity index (χ0v) is 11.0. The molecule has 2 nitrogen and oxygen atoms in total. The van der Waals surface area contributed by atoms with Crippen molar-refractivity contribution in [2.75, 3.05) is 0 Å². The van der Waals surface area contributed by atoms with Crippen LogP contribution in [0.2, 0.25) is 0 Å². The van der Waals surface area contributed by atoms with Gasteiger partial charge in [-0.05, 0) is 31.2 Å². The van der Waals surface area contributed by atoms with E-state index < -0.39 is 6.10 Å². The summed E-state index contributed by atoms with van der Waals surface area (Å²) in [4.78, 5) is 0. The van der Waals surface area contributed by atoms with Gasteiger partial charge in [0.15, 0.2) is 0 Å². The monoisotopic (exact) mass is 292 g/mol. The van der Waals surface area contributed by atoms with E-state index in [4.69, 9.17) is 4.74 Å². The fraction of sp³-hybridized carbons (Fsp3) is 0.143. The molecule has 0 heterocycles. The maximum atomic E-state index is 9.65. The summed E-state index contributed by atoms with van der Waals surface area (Å²) >= 11 is 3.39. The molecule has 0 aliphatic rings. The van der Waals surface area contributed by atoms with Gasteiger partial charge in [0.2, 0.25) is 0 Å². The fourth-order valence-corrected chi connectivity index (χ4v) is 1.95. The van der Waals surface area contributed by atoms with E-state index in [1.54, 1.807) is 6.92 Å². The molecule has 0 fully saturated rings. The molecule has 0 amide bonds. The predicted octanol–water partition coefficient (Wildman–Crippen LogP) is 4.29. The average molecular weight is 293 g/mol. The summed E-state index contributed by atoms with van der Waals surface area (Å²) in [6, 6.07) is 15.1. The molecule has 0 radical (unpaired) electrons. The van der Waals surface area contributed by atoms with Crippen LogP contribution >= 0.6 is 15.9 Å². The summed E-state index contributed by atoms with van der Waals surface area (Å²) in [5, 5.41) is 9.65. The average Bonchev–Trinajstić information content (AvgIpc) is 2.29. The fourth-order valence-electron chi connectivity index (χ4n) is 1.58. The minimum atomic E-state index is -0.543. The quantitative estimate of drug-likeness (QED) is 0.914. The number of hydrogen-bond donors (Lipinski definition) is 1. The smallest absolute Gasteiger partial charge is 0.133 e.